The molecule has 2 aromatic heterocycles. The lowest BCUT2D eigenvalue weighted by Crippen LogP contribution is -2.10. The van der Waals surface area contributed by atoms with E-state index in [0.29, 0.717) is 11.6 Å². The lowest BCUT2D eigenvalue weighted by atomic mass is 10.1. The van der Waals surface area contributed by atoms with Crippen molar-refractivity contribution in [3.05, 3.63) is 34.1 Å². The number of hydrogen-bond acceptors (Lipinski definition) is 6. The molecule has 0 saturated heterocycles. The fourth-order valence-electron chi connectivity index (χ4n) is 2.98. The van der Waals surface area contributed by atoms with Crippen molar-refractivity contribution in [2.75, 3.05) is 12.5 Å². The molecule has 0 aliphatic carbocycles. The van der Waals surface area contributed by atoms with Crippen LogP contribution in [0.15, 0.2) is 27.2 Å². The molecule has 0 atom stereocenters. The van der Waals surface area contributed by atoms with E-state index in [2.05, 4.69) is 4.98 Å². The smallest absolute Gasteiger partial charge is 0.260 e. The van der Waals surface area contributed by atoms with E-state index in [1.165, 1.54) is 9.77 Å². The summed E-state index contributed by atoms with van der Waals surface area (Å²) in [7, 11) is 0. The molecule has 5 nitrogen and oxygen atoms in total. The average Bonchev–Trinajstić information content (AvgIpc) is 3.17. The normalized spacial score (nSPS) is 15.8. The van der Waals surface area contributed by atoms with E-state index < -0.39 is 0 Å². The first-order valence-corrected chi connectivity index (χ1v) is 9.18. The summed E-state index contributed by atoms with van der Waals surface area (Å²) in [5, 5.41) is 0.765. The molecule has 3 aromatic rings. The largest absolute Gasteiger partial charge is 0.454 e. The summed E-state index contributed by atoms with van der Waals surface area (Å²) < 4.78 is 12.0. The van der Waals surface area contributed by atoms with E-state index in [1.807, 2.05) is 30.0 Å². The van der Waals surface area contributed by atoms with E-state index in [1.54, 1.807) is 11.3 Å². The molecule has 4 heterocycles. The fourth-order valence-corrected chi connectivity index (χ4v) is 5.51. The maximum atomic E-state index is 12.6. The molecule has 0 saturated carbocycles. The number of thioether (sulfide) groups is 1. The zero-order valence-corrected chi connectivity index (χ0v) is 13.7. The number of aromatic nitrogens is 2. The molecule has 2 aliphatic rings. The van der Waals surface area contributed by atoms with Gasteiger partial charge in [-0.15, -0.1) is 23.1 Å². The Morgan fingerprint density at radius 3 is 3.09 bits per heavy atom. The van der Waals surface area contributed by atoms with Crippen LogP contribution in [-0.2, 0) is 6.42 Å². The van der Waals surface area contributed by atoms with Gasteiger partial charge in [-0.05, 0) is 42.4 Å². The van der Waals surface area contributed by atoms with Crippen LogP contribution in [0.5, 0.6) is 11.5 Å². The van der Waals surface area contributed by atoms with Crippen LogP contribution in [0.1, 0.15) is 12.0 Å². The fraction of sp³-hybridized carbons (Fsp3) is 0.250. The molecule has 23 heavy (non-hydrogen) atoms. The number of aryl methyl sites for hydroxylation is 1. The molecule has 1 aromatic carbocycles. The third-order valence-corrected chi connectivity index (χ3v) is 6.60. The standard InChI is InChI=1S/C16H12N2O3S2/c19-14-12-9-2-1-5-22-16(9)23-15(12)18-13(17-14)8-3-4-10-11(6-8)21-7-20-10/h3-4,6H,1-2,5,7H2,(H,17,18,19). The van der Waals surface area contributed by atoms with Gasteiger partial charge in [-0.1, -0.05) is 0 Å². The predicted octanol–water partition coefficient (Wildman–Crippen LogP) is 3.42. The second-order valence-electron chi connectivity index (χ2n) is 5.48. The van der Waals surface area contributed by atoms with Crippen LogP contribution in [0.2, 0.25) is 0 Å². The summed E-state index contributed by atoms with van der Waals surface area (Å²) in [4.78, 5) is 21.0. The van der Waals surface area contributed by atoms with E-state index in [0.717, 1.165) is 40.1 Å². The number of ether oxygens (including phenoxy) is 2. The number of fused-ring (bicyclic) bond motifs is 4. The topological polar surface area (TPSA) is 64.2 Å². The maximum absolute atomic E-state index is 12.6. The van der Waals surface area contributed by atoms with Crippen LogP contribution < -0.4 is 15.0 Å². The van der Waals surface area contributed by atoms with Crippen LogP contribution in [0.4, 0.5) is 0 Å². The van der Waals surface area contributed by atoms with Gasteiger partial charge in [-0.3, -0.25) is 4.79 Å². The van der Waals surface area contributed by atoms with Gasteiger partial charge in [0.1, 0.15) is 10.7 Å². The third kappa shape index (κ3) is 2.07. The minimum absolute atomic E-state index is 0.0531. The van der Waals surface area contributed by atoms with Crippen molar-refractivity contribution < 1.29 is 9.47 Å². The lowest BCUT2D eigenvalue weighted by molar-refractivity contribution is 0.174. The first kappa shape index (κ1) is 13.4. The molecule has 116 valence electrons. The second-order valence-corrected chi connectivity index (χ2v) is 7.85. The van der Waals surface area contributed by atoms with Crippen molar-refractivity contribution >= 4 is 33.3 Å². The molecule has 0 radical (unpaired) electrons. The van der Waals surface area contributed by atoms with Crippen LogP contribution in [0.3, 0.4) is 0 Å². The molecular weight excluding hydrogens is 332 g/mol. The number of nitrogens with zero attached hydrogens (tertiary/aromatic N) is 1. The highest BCUT2D eigenvalue weighted by atomic mass is 32.2. The number of rotatable bonds is 1. The maximum Gasteiger partial charge on any atom is 0.260 e. The van der Waals surface area contributed by atoms with Gasteiger partial charge in [-0.25, -0.2) is 4.98 Å². The van der Waals surface area contributed by atoms with Gasteiger partial charge in [0.2, 0.25) is 6.79 Å². The van der Waals surface area contributed by atoms with Gasteiger partial charge in [0.15, 0.2) is 11.5 Å². The van der Waals surface area contributed by atoms with E-state index in [9.17, 15) is 4.79 Å². The molecule has 0 unspecified atom stereocenters. The number of nitrogens with one attached hydrogen (secondary N) is 1. The van der Waals surface area contributed by atoms with Crippen molar-refractivity contribution in [2.24, 2.45) is 0 Å². The Morgan fingerprint density at radius 1 is 1.22 bits per heavy atom. The molecule has 0 fully saturated rings. The second kappa shape index (κ2) is 5.01. The number of benzene rings is 1. The Labute approximate surface area is 139 Å². The van der Waals surface area contributed by atoms with Crippen molar-refractivity contribution in [1.29, 1.82) is 0 Å². The molecule has 7 heteroatoms. The van der Waals surface area contributed by atoms with E-state index >= 15 is 0 Å². The molecule has 2 aliphatic heterocycles. The lowest BCUT2D eigenvalue weighted by Gasteiger charge is -2.09. The zero-order valence-electron chi connectivity index (χ0n) is 12.0. The average molecular weight is 344 g/mol. The summed E-state index contributed by atoms with van der Waals surface area (Å²) >= 11 is 3.45. The summed E-state index contributed by atoms with van der Waals surface area (Å²) in [6.07, 6.45) is 2.09. The van der Waals surface area contributed by atoms with Crippen molar-refractivity contribution in [1.82, 2.24) is 9.97 Å². The number of aromatic amines is 1. The summed E-state index contributed by atoms with van der Waals surface area (Å²) in [5.74, 6) is 3.10. The first-order valence-electron chi connectivity index (χ1n) is 7.38. The van der Waals surface area contributed by atoms with Gasteiger partial charge < -0.3 is 14.5 Å². The summed E-state index contributed by atoms with van der Waals surface area (Å²) in [5.41, 5.74) is 1.95. The van der Waals surface area contributed by atoms with Crippen LogP contribution in [0, 0.1) is 0 Å². The Bertz CT molecular complexity index is 993. The highest BCUT2D eigenvalue weighted by Gasteiger charge is 2.21. The molecule has 0 amide bonds. The van der Waals surface area contributed by atoms with E-state index in [4.69, 9.17) is 14.5 Å². The number of thiophene rings is 1. The first-order chi connectivity index (χ1) is 11.3. The molecule has 0 spiro atoms. The number of hydrogen-bond donors (Lipinski definition) is 1. The minimum Gasteiger partial charge on any atom is -0.454 e. The Kier molecular flexibility index (Phi) is 2.93. The molecule has 5 rings (SSSR count). The van der Waals surface area contributed by atoms with Gasteiger partial charge >= 0.3 is 0 Å². The predicted molar refractivity (Wildman–Crippen MR) is 90.8 cm³/mol. The highest BCUT2D eigenvalue weighted by molar-refractivity contribution is 8.01. The van der Waals surface area contributed by atoms with Crippen molar-refractivity contribution in [2.45, 2.75) is 17.1 Å². The quantitative estimate of drug-likeness (QED) is 0.733. The van der Waals surface area contributed by atoms with Crippen LogP contribution in [-0.4, -0.2) is 22.5 Å². The third-order valence-electron chi connectivity index (χ3n) is 4.07. The molecule has 1 N–H and O–H groups in total. The Hall–Kier alpha value is -1.99. The van der Waals surface area contributed by atoms with Gasteiger partial charge in [0.05, 0.1) is 9.60 Å². The van der Waals surface area contributed by atoms with Crippen molar-refractivity contribution in [3.63, 3.8) is 0 Å². The summed E-state index contributed by atoms with van der Waals surface area (Å²) in [6, 6.07) is 5.59. The SMILES string of the molecule is O=c1[nH]c(-c2ccc3c(c2)OCO3)nc2sc3c(c12)CCCS3. The van der Waals surface area contributed by atoms with Gasteiger partial charge in [-0.2, -0.15) is 0 Å². The number of H-pyrrole nitrogens is 1. The minimum atomic E-state index is -0.0531. The molecular formula is C16H12N2O3S2. The summed E-state index contributed by atoms with van der Waals surface area (Å²) in [6.45, 7) is 0.233. The van der Waals surface area contributed by atoms with Crippen LogP contribution >= 0.6 is 23.1 Å². The van der Waals surface area contributed by atoms with Crippen LogP contribution in [0.25, 0.3) is 21.6 Å². The molecule has 0 bridgehead atoms. The zero-order chi connectivity index (χ0) is 15.4. The van der Waals surface area contributed by atoms with Gasteiger partial charge in [0, 0.05) is 5.56 Å². The van der Waals surface area contributed by atoms with E-state index in [-0.39, 0.29) is 12.4 Å². The Morgan fingerprint density at radius 2 is 2.13 bits per heavy atom. The highest BCUT2D eigenvalue weighted by Crippen LogP contribution is 2.41. The monoisotopic (exact) mass is 344 g/mol. The van der Waals surface area contributed by atoms with Crippen molar-refractivity contribution in [3.8, 4) is 22.9 Å². The Balaban J connectivity index is 1.69. The van der Waals surface area contributed by atoms with Gasteiger partial charge in [0.25, 0.3) is 5.56 Å².